The number of halogens is 3. The SMILES string of the molecule is CC(C)(C)N(C(=O)O)C(c1ccccc1C(F)(F)F)S(=O)(=O)c1ccccc1. The minimum absolute atomic E-state index is 0.271. The summed E-state index contributed by atoms with van der Waals surface area (Å²) in [6.45, 7) is 4.26. The van der Waals surface area contributed by atoms with Crippen molar-refractivity contribution < 1.29 is 31.5 Å². The van der Waals surface area contributed by atoms with Crippen LogP contribution in [0.3, 0.4) is 0 Å². The van der Waals surface area contributed by atoms with E-state index in [0.717, 1.165) is 18.2 Å². The smallest absolute Gasteiger partial charge is 0.416 e. The Labute approximate surface area is 161 Å². The molecule has 0 bridgehead atoms. The van der Waals surface area contributed by atoms with Gasteiger partial charge in [-0.2, -0.15) is 13.2 Å². The first kappa shape index (κ1) is 21.7. The van der Waals surface area contributed by atoms with E-state index in [-0.39, 0.29) is 4.90 Å². The number of carbonyl (C=O) groups is 1. The van der Waals surface area contributed by atoms with Crippen LogP contribution in [-0.2, 0) is 16.0 Å². The van der Waals surface area contributed by atoms with Gasteiger partial charge in [0.15, 0.2) is 5.37 Å². The standard InChI is InChI=1S/C19H20F3NO4S/c1-18(2,3)23(17(24)25)16(28(26,27)13-9-5-4-6-10-13)14-11-7-8-12-15(14)19(20,21)22/h4-12,16H,1-3H3,(H,24,25). The quantitative estimate of drug-likeness (QED) is 0.766. The second kappa shape index (κ2) is 7.46. The van der Waals surface area contributed by atoms with Gasteiger partial charge in [0.2, 0.25) is 9.84 Å². The van der Waals surface area contributed by atoms with Gasteiger partial charge in [-0.05, 0) is 39.0 Å². The first-order valence-corrected chi connectivity index (χ1v) is 9.80. The Morgan fingerprint density at radius 2 is 1.46 bits per heavy atom. The minimum Gasteiger partial charge on any atom is -0.465 e. The van der Waals surface area contributed by atoms with Gasteiger partial charge < -0.3 is 5.11 Å². The van der Waals surface area contributed by atoms with E-state index in [1.54, 1.807) is 6.07 Å². The van der Waals surface area contributed by atoms with Crippen LogP contribution in [-0.4, -0.2) is 30.1 Å². The van der Waals surface area contributed by atoms with E-state index in [1.807, 2.05) is 0 Å². The molecule has 9 heteroatoms. The summed E-state index contributed by atoms with van der Waals surface area (Å²) in [7, 11) is -4.52. The Balaban J connectivity index is 2.89. The van der Waals surface area contributed by atoms with Gasteiger partial charge in [-0.25, -0.2) is 13.2 Å². The van der Waals surface area contributed by atoms with E-state index >= 15 is 0 Å². The van der Waals surface area contributed by atoms with E-state index in [1.165, 1.54) is 51.1 Å². The van der Waals surface area contributed by atoms with Crippen molar-refractivity contribution >= 4 is 15.9 Å². The van der Waals surface area contributed by atoms with E-state index in [9.17, 15) is 31.5 Å². The maximum atomic E-state index is 13.6. The van der Waals surface area contributed by atoms with E-state index in [2.05, 4.69) is 0 Å². The number of benzene rings is 2. The zero-order chi connectivity index (χ0) is 21.3. The lowest BCUT2D eigenvalue weighted by Gasteiger charge is -2.40. The average molecular weight is 415 g/mol. The molecule has 0 aromatic heterocycles. The maximum Gasteiger partial charge on any atom is 0.416 e. The molecule has 5 nitrogen and oxygen atoms in total. The van der Waals surface area contributed by atoms with Gasteiger partial charge in [0.05, 0.1) is 10.5 Å². The summed E-state index contributed by atoms with van der Waals surface area (Å²) in [6.07, 6.45) is -6.50. The molecular weight excluding hydrogens is 395 g/mol. The summed E-state index contributed by atoms with van der Waals surface area (Å²) in [6, 6.07) is 10.9. The molecule has 0 saturated carbocycles. The lowest BCUT2D eigenvalue weighted by Crippen LogP contribution is -2.50. The largest absolute Gasteiger partial charge is 0.465 e. The van der Waals surface area contributed by atoms with Crippen LogP contribution in [0.1, 0.15) is 37.3 Å². The second-order valence-corrected chi connectivity index (χ2v) is 9.13. The highest BCUT2D eigenvalue weighted by molar-refractivity contribution is 7.91. The van der Waals surface area contributed by atoms with Crippen molar-refractivity contribution in [3.63, 3.8) is 0 Å². The second-order valence-electron chi connectivity index (χ2n) is 7.12. The summed E-state index contributed by atoms with van der Waals surface area (Å²) in [4.78, 5) is 12.3. The number of rotatable bonds is 4. The van der Waals surface area contributed by atoms with Crippen molar-refractivity contribution in [1.29, 1.82) is 0 Å². The summed E-state index contributed by atoms with van der Waals surface area (Å²) in [5, 5.41) is 7.65. The van der Waals surface area contributed by atoms with Crippen LogP contribution in [0.25, 0.3) is 0 Å². The van der Waals surface area contributed by atoms with Crippen molar-refractivity contribution in [2.75, 3.05) is 0 Å². The predicted molar refractivity (Wildman–Crippen MR) is 97.4 cm³/mol. The summed E-state index contributed by atoms with van der Waals surface area (Å²) >= 11 is 0. The number of nitrogens with zero attached hydrogens (tertiary/aromatic N) is 1. The normalized spacial score (nSPS) is 13.8. The number of carboxylic acid groups (broad SMARTS) is 1. The molecule has 1 unspecified atom stereocenters. The van der Waals surface area contributed by atoms with Crippen molar-refractivity contribution in [3.8, 4) is 0 Å². The lowest BCUT2D eigenvalue weighted by molar-refractivity contribution is -0.138. The molecule has 0 heterocycles. The average Bonchev–Trinajstić information content (AvgIpc) is 2.58. The molecule has 152 valence electrons. The van der Waals surface area contributed by atoms with Crippen LogP contribution >= 0.6 is 0 Å². The Hall–Kier alpha value is -2.55. The van der Waals surface area contributed by atoms with Crippen LogP contribution in [0.4, 0.5) is 18.0 Å². The zero-order valence-corrected chi connectivity index (χ0v) is 16.3. The van der Waals surface area contributed by atoms with Crippen molar-refractivity contribution in [2.45, 2.75) is 42.8 Å². The molecule has 2 rings (SSSR count). The third kappa shape index (κ3) is 4.30. The number of alkyl halides is 3. The van der Waals surface area contributed by atoms with Crippen LogP contribution < -0.4 is 0 Å². The van der Waals surface area contributed by atoms with Gasteiger partial charge >= 0.3 is 12.3 Å². The van der Waals surface area contributed by atoms with Crippen LogP contribution in [0.5, 0.6) is 0 Å². The van der Waals surface area contributed by atoms with Crippen molar-refractivity contribution in [2.24, 2.45) is 0 Å². The summed E-state index contributed by atoms with van der Waals surface area (Å²) in [5.74, 6) is 0. The molecule has 2 aromatic carbocycles. The maximum absolute atomic E-state index is 13.6. The fourth-order valence-corrected chi connectivity index (χ4v) is 4.91. The molecule has 0 aliphatic carbocycles. The van der Waals surface area contributed by atoms with Crippen LogP contribution in [0.15, 0.2) is 59.5 Å². The van der Waals surface area contributed by atoms with Gasteiger partial charge in [0.25, 0.3) is 0 Å². The summed E-state index contributed by atoms with van der Waals surface area (Å²) in [5.41, 5.74) is -3.14. The Morgan fingerprint density at radius 3 is 1.93 bits per heavy atom. The van der Waals surface area contributed by atoms with Crippen LogP contribution in [0, 0.1) is 0 Å². The first-order chi connectivity index (χ1) is 12.8. The molecule has 2 aromatic rings. The number of hydrogen-bond acceptors (Lipinski definition) is 3. The monoisotopic (exact) mass is 415 g/mol. The van der Waals surface area contributed by atoms with Gasteiger partial charge in [-0.3, -0.25) is 4.90 Å². The van der Waals surface area contributed by atoms with Gasteiger partial charge in [0, 0.05) is 11.1 Å². The fraction of sp³-hybridized carbons (Fsp3) is 0.316. The molecule has 1 amide bonds. The van der Waals surface area contributed by atoms with Gasteiger partial charge in [-0.15, -0.1) is 0 Å². The Bertz CT molecular complexity index is 951. The van der Waals surface area contributed by atoms with E-state index in [0.29, 0.717) is 4.90 Å². The molecule has 28 heavy (non-hydrogen) atoms. The highest BCUT2D eigenvalue weighted by Gasteiger charge is 2.46. The third-order valence-corrected chi connectivity index (χ3v) is 6.04. The van der Waals surface area contributed by atoms with Crippen molar-refractivity contribution in [3.05, 3.63) is 65.7 Å². The third-order valence-electron chi connectivity index (χ3n) is 4.06. The molecule has 0 spiro atoms. The highest BCUT2D eigenvalue weighted by atomic mass is 32.2. The van der Waals surface area contributed by atoms with E-state index < -0.39 is 44.1 Å². The molecule has 0 saturated heterocycles. The van der Waals surface area contributed by atoms with Crippen LogP contribution in [0.2, 0.25) is 0 Å². The molecule has 0 fully saturated rings. The molecule has 0 radical (unpaired) electrons. The highest BCUT2D eigenvalue weighted by Crippen LogP contribution is 2.42. The topological polar surface area (TPSA) is 74.7 Å². The van der Waals surface area contributed by atoms with Gasteiger partial charge in [-0.1, -0.05) is 36.4 Å². The predicted octanol–water partition coefficient (Wildman–Crippen LogP) is 4.96. The number of hydrogen-bond donors (Lipinski definition) is 1. The molecule has 0 aliphatic heterocycles. The minimum atomic E-state index is -4.86. The Morgan fingerprint density at radius 1 is 0.964 bits per heavy atom. The van der Waals surface area contributed by atoms with Crippen molar-refractivity contribution in [1.82, 2.24) is 4.90 Å². The summed E-state index contributed by atoms with van der Waals surface area (Å²) < 4.78 is 67.5. The number of sulfone groups is 1. The van der Waals surface area contributed by atoms with E-state index in [4.69, 9.17) is 0 Å². The lowest BCUT2D eigenvalue weighted by atomic mass is 10.0. The zero-order valence-electron chi connectivity index (χ0n) is 15.4. The molecule has 1 N–H and O–H groups in total. The Kier molecular flexibility index (Phi) is 5.79. The van der Waals surface area contributed by atoms with Gasteiger partial charge in [0.1, 0.15) is 0 Å². The molecule has 1 atom stereocenters. The molecule has 0 aliphatic rings. The number of amides is 1. The first-order valence-electron chi connectivity index (χ1n) is 8.25. The fourth-order valence-electron chi connectivity index (χ4n) is 2.89. The molecular formula is C19H20F3NO4S.